The molecule has 0 spiro atoms. The van der Waals surface area contributed by atoms with Crippen molar-refractivity contribution in [2.75, 3.05) is 39.0 Å². The second-order valence-electron chi connectivity index (χ2n) is 4.13. The summed E-state index contributed by atoms with van der Waals surface area (Å²) >= 11 is 0. The molecule has 0 rings (SSSR count). The van der Waals surface area contributed by atoms with Gasteiger partial charge in [-0.25, -0.2) is 12.7 Å². The predicted molar refractivity (Wildman–Crippen MR) is 72.9 cm³/mol. The number of carbonyl (C=O) groups excluding carboxylic acids is 1. The molecule has 0 radical (unpaired) electrons. The first-order valence-electron chi connectivity index (χ1n) is 6.34. The quantitative estimate of drug-likeness (QED) is 0.542. The molecule has 0 unspecified atom stereocenters. The minimum Gasteiger partial charge on any atom is -0.355 e. The van der Waals surface area contributed by atoms with Gasteiger partial charge in [-0.3, -0.25) is 4.79 Å². The van der Waals surface area contributed by atoms with Gasteiger partial charge < -0.3 is 10.6 Å². The summed E-state index contributed by atoms with van der Waals surface area (Å²) in [5.74, 6) is -0.0501. The van der Waals surface area contributed by atoms with E-state index in [1.165, 1.54) is 10.6 Å². The number of nitrogens with zero attached hydrogens (tertiary/aromatic N) is 1. The Labute approximate surface area is 110 Å². The van der Waals surface area contributed by atoms with Crippen LogP contribution in [0.15, 0.2) is 0 Å². The molecule has 0 aromatic carbocycles. The second-order valence-corrected chi connectivity index (χ2v) is 6.12. The van der Waals surface area contributed by atoms with Gasteiger partial charge in [0.25, 0.3) is 0 Å². The highest BCUT2D eigenvalue weighted by Crippen LogP contribution is 1.97. The number of nitrogens with one attached hydrogen (secondary N) is 2. The van der Waals surface area contributed by atoms with Crippen LogP contribution in [0.2, 0.25) is 0 Å². The van der Waals surface area contributed by atoms with Crippen LogP contribution >= 0.6 is 0 Å². The Morgan fingerprint density at radius 1 is 1.22 bits per heavy atom. The van der Waals surface area contributed by atoms with E-state index in [9.17, 15) is 13.2 Å². The molecule has 0 aromatic rings. The first-order valence-corrected chi connectivity index (χ1v) is 8.19. The minimum atomic E-state index is -3.12. The largest absolute Gasteiger partial charge is 0.355 e. The van der Waals surface area contributed by atoms with Crippen LogP contribution in [0, 0.1) is 0 Å². The number of sulfonamides is 1. The van der Waals surface area contributed by atoms with Crippen LogP contribution in [-0.4, -0.2) is 57.6 Å². The molecule has 6 nitrogen and oxygen atoms in total. The minimum absolute atomic E-state index is 0.0501. The maximum Gasteiger partial charge on any atom is 0.233 e. The Morgan fingerprint density at radius 2 is 1.89 bits per heavy atom. The highest BCUT2D eigenvalue weighted by Gasteiger charge is 2.13. The van der Waals surface area contributed by atoms with Gasteiger partial charge in [-0.05, 0) is 19.4 Å². The summed E-state index contributed by atoms with van der Waals surface area (Å²) < 4.78 is 24.0. The van der Waals surface area contributed by atoms with E-state index in [0.29, 0.717) is 32.6 Å². The summed E-state index contributed by atoms with van der Waals surface area (Å²) in [6, 6.07) is 0. The molecular formula is C11H25N3O3S. The number of hydrogen-bond acceptors (Lipinski definition) is 4. The molecule has 0 aliphatic carbocycles. The average molecular weight is 279 g/mol. The zero-order valence-corrected chi connectivity index (χ0v) is 12.3. The van der Waals surface area contributed by atoms with Crippen LogP contribution in [0.3, 0.4) is 0 Å². The van der Waals surface area contributed by atoms with E-state index in [4.69, 9.17) is 0 Å². The van der Waals surface area contributed by atoms with Gasteiger partial charge in [0.05, 0.1) is 12.8 Å². The third-order valence-electron chi connectivity index (χ3n) is 2.44. The summed E-state index contributed by atoms with van der Waals surface area (Å²) in [4.78, 5) is 11.3. The molecule has 0 fully saturated rings. The average Bonchev–Trinajstić information content (AvgIpc) is 2.27. The van der Waals surface area contributed by atoms with Gasteiger partial charge in [0.15, 0.2) is 0 Å². The molecular weight excluding hydrogens is 254 g/mol. The number of hydrogen-bond donors (Lipinski definition) is 2. The fraction of sp³-hybridized carbons (Fsp3) is 0.909. The molecule has 1 amide bonds. The normalized spacial score (nSPS) is 11.8. The van der Waals surface area contributed by atoms with E-state index in [0.717, 1.165) is 13.0 Å². The van der Waals surface area contributed by atoms with Gasteiger partial charge in [0, 0.05) is 19.6 Å². The Kier molecular flexibility index (Phi) is 8.95. The molecule has 0 aromatic heterocycles. The summed E-state index contributed by atoms with van der Waals surface area (Å²) in [7, 11) is -3.12. The molecule has 0 saturated heterocycles. The summed E-state index contributed by atoms with van der Waals surface area (Å²) in [5, 5.41) is 5.75. The smallest absolute Gasteiger partial charge is 0.233 e. The summed E-state index contributed by atoms with van der Waals surface area (Å²) in [5.41, 5.74) is 0. The Hall–Kier alpha value is -0.660. The number of rotatable bonds is 10. The van der Waals surface area contributed by atoms with Crippen LogP contribution < -0.4 is 10.6 Å². The monoisotopic (exact) mass is 279 g/mol. The lowest BCUT2D eigenvalue weighted by Gasteiger charge is -2.17. The van der Waals surface area contributed by atoms with Gasteiger partial charge in [0.2, 0.25) is 15.9 Å². The van der Waals surface area contributed by atoms with Gasteiger partial charge in [0.1, 0.15) is 0 Å². The Balaban J connectivity index is 3.69. The van der Waals surface area contributed by atoms with Crippen molar-refractivity contribution < 1.29 is 13.2 Å². The van der Waals surface area contributed by atoms with Crippen molar-refractivity contribution in [1.82, 2.24) is 14.9 Å². The van der Waals surface area contributed by atoms with Gasteiger partial charge >= 0.3 is 0 Å². The third-order valence-corrected chi connectivity index (χ3v) is 3.82. The first-order chi connectivity index (χ1) is 8.41. The fourth-order valence-electron chi connectivity index (χ4n) is 1.48. The first kappa shape index (κ1) is 17.3. The molecule has 2 N–H and O–H groups in total. The van der Waals surface area contributed by atoms with Crippen LogP contribution in [0.5, 0.6) is 0 Å². The van der Waals surface area contributed by atoms with E-state index < -0.39 is 10.0 Å². The maximum absolute atomic E-state index is 11.3. The van der Waals surface area contributed by atoms with Crippen LogP contribution in [0.4, 0.5) is 0 Å². The van der Waals surface area contributed by atoms with Gasteiger partial charge in [-0.1, -0.05) is 13.8 Å². The molecule has 0 atom stereocenters. The second kappa shape index (κ2) is 9.29. The van der Waals surface area contributed by atoms with Crippen molar-refractivity contribution in [3.63, 3.8) is 0 Å². The SMILES string of the molecule is CCCNCC(=O)NCCCN(CC)S(C)(=O)=O. The van der Waals surface area contributed by atoms with Crippen molar-refractivity contribution in [2.45, 2.75) is 26.7 Å². The van der Waals surface area contributed by atoms with E-state index >= 15 is 0 Å². The molecule has 7 heteroatoms. The topological polar surface area (TPSA) is 78.5 Å². The van der Waals surface area contributed by atoms with Crippen molar-refractivity contribution in [3.05, 3.63) is 0 Å². The van der Waals surface area contributed by atoms with Crippen molar-refractivity contribution in [3.8, 4) is 0 Å². The molecule has 0 bridgehead atoms. The van der Waals surface area contributed by atoms with Crippen LogP contribution in [-0.2, 0) is 14.8 Å². The summed E-state index contributed by atoms with van der Waals surface area (Å²) in [6.07, 6.45) is 2.82. The summed E-state index contributed by atoms with van der Waals surface area (Å²) in [6.45, 7) is 6.38. The fourth-order valence-corrected chi connectivity index (χ4v) is 2.41. The number of amides is 1. The number of carbonyl (C=O) groups is 1. The third kappa shape index (κ3) is 8.43. The van der Waals surface area contributed by atoms with Crippen LogP contribution in [0.1, 0.15) is 26.7 Å². The predicted octanol–water partition coefficient (Wildman–Crippen LogP) is -0.226. The highest BCUT2D eigenvalue weighted by molar-refractivity contribution is 7.88. The van der Waals surface area contributed by atoms with E-state index in [2.05, 4.69) is 10.6 Å². The Morgan fingerprint density at radius 3 is 2.39 bits per heavy atom. The zero-order chi connectivity index (χ0) is 14.0. The zero-order valence-electron chi connectivity index (χ0n) is 11.5. The lowest BCUT2D eigenvalue weighted by molar-refractivity contribution is -0.120. The Bertz CT molecular complexity index is 330. The lowest BCUT2D eigenvalue weighted by Crippen LogP contribution is -2.37. The standard InChI is InChI=1S/C11H25N3O3S/c1-4-7-12-10-11(15)13-8-6-9-14(5-2)18(3,16)17/h12H,4-10H2,1-3H3,(H,13,15). The van der Waals surface area contributed by atoms with E-state index in [1.807, 2.05) is 6.92 Å². The van der Waals surface area contributed by atoms with Gasteiger partial charge in [-0.15, -0.1) is 0 Å². The van der Waals surface area contributed by atoms with Crippen molar-refractivity contribution >= 4 is 15.9 Å². The van der Waals surface area contributed by atoms with E-state index in [1.54, 1.807) is 6.92 Å². The van der Waals surface area contributed by atoms with Gasteiger partial charge in [-0.2, -0.15) is 0 Å². The lowest BCUT2D eigenvalue weighted by atomic mass is 10.4. The molecule has 0 aliphatic rings. The molecule has 0 heterocycles. The molecule has 0 saturated carbocycles. The molecule has 108 valence electrons. The maximum atomic E-state index is 11.3. The van der Waals surface area contributed by atoms with E-state index in [-0.39, 0.29) is 5.91 Å². The van der Waals surface area contributed by atoms with Crippen molar-refractivity contribution in [1.29, 1.82) is 0 Å². The van der Waals surface area contributed by atoms with Crippen LogP contribution in [0.25, 0.3) is 0 Å². The highest BCUT2D eigenvalue weighted by atomic mass is 32.2. The molecule has 0 aliphatic heterocycles. The molecule has 18 heavy (non-hydrogen) atoms. The van der Waals surface area contributed by atoms with Crippen molar-refractivity contribution in [2.24, 2.45) is 0 Å².